The van der Waals surface area contributed by atoms with Crippen molar-refractivity contribution < 1.29 is 4.39 Å². The largest absolute Gasteiger partial charge is 0.223 e. The molecule has 15 heavy (non-hydrogen) atoms. The van der Waals surface area contributed by atoms with Crippen molar-refractivity contribution >= 4 is 5.70 Å². The van der Waals surface area contributed by atoms with E-state index in [1.165, 1.54) is 12.4 Å². The molecule has 0 N–H and O–H groups in total. The minimum Gasteiger partial charge on any atom is -0.223 e. The van der Waals surface area contributed by atoms with Crippen molar-refractivity contribution in [3.8, 4) is 0 Å². The molecule has 80 valence electrons. The zero-order chi connectivity index (χ0) is 11.3. The maximum absolute atomic E-state index is 12.7. The molecule has 1 heterocycles. The summed E-state index contributed by atoms with van der Waals surface area (Å²) in [4.78, 5) is 3.85. The van der Waals surface area contributed by atoms with E-state index in [9.17, 15) is 4.39 Å². The molecule has 0 fully saturated rings. The number of hydrogen-bond acceptors (Lipinski definition) is 2. The van der Waals surface area contributed by atoms with Crippen LogP contribution in [0.15, 0.2) is 42.8 Å². The molecule has 0 aliphatic carbocycles. The highest BCUT2D eigenvalue weighted by Crippen LogP contribution is 2.19. The monoisotopic (exact) mass is 207 g/mol. The first-order valence-corrected chi connectivity index (χ1v) is 4.75. The van der Waals surface area contributed by atoms with Crippen molar-refractivity contribution in [3.63, 3.8) is 0 Å². The van der Waals surface area contributed by atoms with Crippen LogP contribution in [0.2, 0.25) is 0 Å². The van der Waals surface area contributed by atoms with Crippen molar-refractivity contribution in [2.75, 3.05) is 0 Å². The van der Waals surface area contributed by atoms with Gasteiger partial charge in [-0.1, -0.05) is 19.6 Å². The Kier molecular flexibility index (Phi) is 3.97. The third kappa shape index (κ3) is 2.87. The lowest BCUT2D eigenvalue weighted by molar-refractivity contribution is 0.669. The van der Waals surface area contributed by atoms with E-state index in [1.54, 1.807) is 11.0 Å². The second-order valence-corrected chi connectivity index (χ2v) is 2.98. The van der Waals surface area contributed by atoms with Gasteiger partial charge in [-0.3, -0.25) is 0 Å². The fourth-order valence-corrected chi connectivity index (χ4v) is 1.34. The van der Waals surface area contributed by atoms with Crippen molar-refractivity contribution in [1.82, 2.24) is 14.8 Å². The Morgan fingerprint density at radius 2 is 2.33 bits per heavy atom. The highest BCUT2D eigenvalue weighted by molar-refractivity contribution is 5.63. The summed E-state index contributed by atoms with van der Waals surface area (Å²) in [5, 5.41) is 4.01. The summed E-state index contributed by atoms with van der Waals surface area (Å²) in [7, 11) is 0. The molecule has 0 atom stereocenters. The highest BCUT2D eigenvalue weighted by atomic mass is 19.1. The van der Waals surface area contributed by atoms with Gasteiger partial charge in [-0.15, -0.1) is 0 Å². The molecule has 1 aromatic rings. The van der Waals surface area contributed by atoms with Gasteiger partial charge in [0.1, 0.15) is 18.5 Å². The standard InChI is InChI=1S/C11H14FN3/c1-4-10(6-9(3)12)11(5-2)15-8-13-7-14-15/h5-8H,3-4H2,1-2H3/b10-6-,11-5+. The molecule has 1 rings (SSSR count). The van der Waals surface area contributed by atoms with Gasteiger partial charge >= 0.3 is 0 Å². The topological polar surface area (TPSA) is 30.7 Å². The van der Waals surface area contributed by atoms with Crippen molar-refractivity contribution in [3.05, 3.63) is 42.8 Å². The highest BCUT2D eigenvalue weighted by Gasteiger charge is 2.05. The number of nitrogens with zero attached hydrogens (tertiary/aromatic N) is 3. The second kappa shape index (κ2) is 5.24. The van der Waals surface area contributed by atoms with Crippen LogP contribution in [0.1, 0.15) is 20.3 Å². The number of aromatic nitrogens is 3. The van der Waals surface area contributed by atoms with Crippen LogP contribution in [0.5, 0.6) is 0 Å². The van der Waals surface area contributed by atoms with Gasteiger partial charge in [0, 0.05) is 0 Å². The molecule has 3 nitrogen and oxygen atoms in total. The Morgan fingerprint density at radius 3 is 2.73 bits per heavy atom. The summed E-state index contributed by atoms with van der Waals surface area (Å²) in [5.74, 6) is -0.452. The van der Waals surface area contributed by atoms with Gasteiger partial charge in [0.05, 0.1) is 5.70 Å². The van der Waals surface area contributed by atoms with Gasteiger partial charge < -0.3 is 0 Å². The van der Waals surface area contributed by atoms with Gasteiger partial charge in [0.15, 0.2) is 0 Å². The number of allylic oxidation sites excluding steroid dienone is 5. The van der Waals surface area contributed by atoms with E-state index in [4.69, 9.17) is 0 Å². The minimum atomic E-state index is -0.452. The van der Waals surface area contributed by atoms with Crippen LogP contribution < -0.4 is 0 Å². The summed E-state index contributed by atoms with van der Waals surface area (Å²) >= 11 is 0. The summed E-state index contributed by atoms with van der Waals surface area (Å²) in [6.07, 6.45) is 7.02. The normalized spacial score (nSPS) is 13.0. The average Bonchev–Trinajstić information content (AvgIpc) is 2.70. The lowest BCUT2D eigenvalue weighted by Crippen LogP contribution is -2.00. The van der Waals surface area contributed by atoms with Crippen LogP contribution >= 0.6 is 0 Å². The first kappa shape index (κ1) is 11.4. The van der Waals surface area contributed by atoms with E-state index in [-0.39, 0.29) is 0 Å². The lowest BCUT2D eigenvalue weighted by Gasteiger charge is -2.08. The van der Waals surface area contributed by atoms with Crippen molar-refractivity contribution in [2.45, 2.75) is 20.3 Å². The fourth-order valence-electron chi connectivity index (χ4n) is 1.34. The Bertz CT molecular complexity index is 388. The zero-order valence-corrected chi connectivity index (χ0v) is 8.94. The van der Waals surface area contributed by atoms with Crippen molar-refractivity contribution in [1.29, 1.82) is 0 Å². The van der Waals surface area contributed by atoms with E-state index >= 15 is 0 Å². The van der Waals surface area contributed by atoms with E-state index < -0.39 is 5.83 Å². The SMILES string of the molecule is C=C(F)/C=C(CC)\C(=C/C)n1cncn1. The van der Waals surface area contributed by atoms with Crippen LogP contribution in [0, 0.1) is 0 Å². The summed E-state index contributed by atoms with van der Waals surface area (Å²) in [6.45, 7) is 7.06. The Labute approximate surface area is 88.6 Å². The molecular weight excluding hydrogens is 193 g/mol. The maximum Gasteiger partial charge on any atom is 0.138 e. The van der Waals surface area contributed by atoms with Crippen LogP contribution in [0.4, 0.5) is 4.39 Å². The molecule has 1 aromatic heterocycles. The quantitative estimate of drug-likeness (QED) is 0.710. The number of hydrogen-bond donors (Lipinski definition) is 0. The molecule has 0 spiro atoms. The first-order valence-electron chi connectivity index (χ1n) is 4.75. The van der Waals surface area contributed by atoms with Crippen LogP contribution in [0.3, 0.4) is 0 Å². The molecule has 0 saturated heterocycles. The predicted octanol–water partition coefficient (Wildman–Crippen LogP) is 2.96. The average molecular weight is 207 g/mol. The molecule has 0 aliphatic rings. The van der Waals surface area contributed by atoms with Crippen molar-refractivity contribution in [2.24, 2.45) is 0 Å². The zero-order valence-electron chi connectivity index (χ0n) is 8.94. The van der Waals surface area contributed by atoms with Gasteiger partial charge in [0.2, 0.25) is 0 Å². The van der Waals surface area contributed by atoms with E-state index in [1.807, 2.05) is 19.9 Å². The Morgan fingerprint density at radius 1 is 1.60 bits per heavy atom. The molecule has 0 aliphatic heterocycles. The van der Waals surface area contributed by atoms with Gasteiger partial charge in [-0.2, -0.15) is 5.10 Å². The van der Waals surface area contributed by atoms with E-state index in [2.05, 4.69) is 16.7 Å². The third-order valence-corrected chi connectivity index (χ3v) is 1.98. The van der Waals surface area contributed by atoms with Gasteiger partial charge in [-0.05, 0) is 25.0 Å². The third-order valence-electron chi connectivity index (χ3n) is 1.98. The van der Waals surface area contributed by atoms with E-state index in [0.29, 0.717) is 6.42 Å². The summed E-state index contributed by atoms with van der Waals surface area (Å²) in [6, 6.07) is 0. The second-order valence-electron chi connectivity index (χ2n) is 2.98. The van der Waals surface area contributed by atoms with Gasteiger partial charge in [-0.25, -0.2) is 14.1 Å². The van der Waals surface area contributed by atoms with Crippen LogP contribution in [-0.2, 0) is 0 Å². The molecule has 0 radical (unpaired) electrons. The summed E-state index contributed by atoms with van der Waals surface area (Å²) in [5.41, 5.74) is 1.67. The van der Waals surface area contributed by atoms with E-state index in [0.717, 1.165) is 11.3 Å². The van der Waals surface area contributed by atoms with Crippen LogP contribution in [0.25, 0.3) is 5.70 Å². The smallest absolute Gasteiger partial charge is 0.138 e. The molecule has 4 heteroatoms. The summed E-state index contributed by atoms with van der Waals surface area (Å²) < 4.78 is 14.3. The Balaban J connectivity index is 3.07. The number of rotatable bonds is 4. The maximum atomic E-state index is 12.7. The molecule has 0 aromatic carbocycles. The number of halogens is 1. The van der Waals surface area contributed by atoms with Crippen LogP contribution in [-0.4, -0.2) is 14.8 Å². The Hall–Kier alpha value is -1.71. The minimum absolute atomic E-state index is 0.452. The van der Waals surface area contributed by atoms with Gasteiger partial charge in [0.25, 0.3) is 0 Å². The first-order chi connectivity index (χ1) is 7.19. The predicted molar refractivity (Wildman–Crippen MR) is 58.6 cm³/mol. The molecule has 0 amide bonds. The fraction of sp³-hybridized carbons (Fsp3) is 0.273. The lowest BCUT2D eigenvalue weighted by atomic mass is 10.1. The molecule has 0 saturated carbocycles. The molecular formula is C11H14FN3. The molecule has 0 bridgehead atoms. The molecule has 0 unspecified atom stereocenters.